The Kier molecular flexibility index (Phi) is 7.81. The molecule has 0 aliphatic carbocycles. The molecule has 1 unspecified atom stereocenters. The lowest BCUT2D eigenvalue weighted by Crippen LogP contribution is -2.27. The highest BCUT2D eigenvalue weighted by atomic mass is 16.5. The Balaban J connectivity index is 2.83. The molecule has 1 aromatic rings. The Morgan fingerprint density at radius 3 is 2.27 bits per heavy atom. The molecule has 1 atom stereocenters. The number of aromatic carboxylic acids is 1. The molecule has 1 aromatic carbocycles. The van der Waals surface area contributed by atoms with Crippen LogP contribution in [0.4, 0.5) is 5.69 Å². The summed E-state index contributed by atoms with van der Waals surface area (Å²) in [5, 5.41) is 16.2. The molecule has 0 aromatic heterocycles. The van der Waals surface area contributed by atoms with Gasteiger partial charge in [-0.25, -0.2) is 14.4 Å². The minimum Gasteiger partial charge on any atom is -0.478 e. The molecule has 0 spiro atoms. The van der Waals surface area contributed by atoms with Crippen LogP contribution in [0, 0.1) is 0 Å². The highest BCUT2D eigenvalue weighted by molar-refractivity contribution is 6.02. The van der Waals surface area contributed by atoms with Gasteiger partial charge in [0, 0.05) is 0 Å². The normalized spacial score (nSPS) is 12.5. The quantitative estimate of drug-likeness (QED) is 0.247. The topological polar surface area (TPSA) is 132 Å². The molecule has 9 nitrogen and oxygen atoms in total. The maximum Gasteiger partial charge on any atom is 0.345 e. The van der Waals surface area contributed by atoms with E-state index in [1.165, 1.54) is 31.2 Å². The number of esters is 2. The Morgan fingerprint density at radius 2 is 1.77 bits per heavy atom. The predicted octanol–water partition coefficient (Wildman–Crippen LogP) is 2.44. The fraction of sp³-hybridized carbons (Fsp3) is 0.294. The third kappa shape index (κ3) is 6.27. The van der Waals surface area contributed by atoms with E-state index in [2.05, 4.69) is 10.2 Å². The minimum atomic E-state index is -1.51. The summed E-state index contributed by atoms with van der Waals surface area (Å²) < 4.78 is 9.51. The average Bonchev–Trinajstić information content (AvgIpc) is 2.60. The molecule has 26 heavy (non-hydrogen) atoms. The van der Waals surface area contributed by atoms with E-state index < -0.39 is 29.7 Å². The number of hydrogen-bond donors (Lipinski definition) is 1. The predicted molar refractivity (Wildman–Crippen MR) is 88.9 cm³/mol. The van der Waals surface area contributed by atoms with Gasteiger partial charge in [0.1, 0.15) is 6.26 Å². The Labute approximate surface area is 149 Å². The monoisotopic (exact) mass is 362 g/mol. The molecule has 0 saturated carbocycles. The number of carbonyl (C=O) groups is 4. The van der Waals surface area contributed by atoms with Crippen molar-refractivity contribution < 1.29 is 33.8 Å². The van der Waals surface area contributed by atoms with Gasteiger partial charge in [-0.15, -0.1) is 0 Å². The van der Waals surface area contributed by atoms with Crippen LogP contribution in [-0.4, -0.2) is 41.4 Å². The van der Waals surface area contributed by atoms with E-state index in [-0.39, 0.29) is 23.4 Å². The van der Waals surface area contributed by atoms with Gasteiger partial charge < -0.3 is 14.6 Å². The first-order chi connectivity index (χ1) is 12.3. The van der Waals surface area contributed by atoms with E-state index in [9.17, 15) is 19.2 Å². The van der Waals surface area contributed by atoms with Gasteiger partial charge in [0.15, 0.2) is 5.78 Å². The van der Waals surface area contributed by atoms with Crippen molar-refractivity contribution in [3.05, 3.63) is 41.7 Å². The van der Waals surface area contributed by atoms with Crippen LogP contribution in [0.2, 0.25) is 0 Å². The van der Waals surface area contributed by atoms with Gasteiger partial charge in [0.25, 0.3) is 0 Å². The van der Waals surface area contributed by atoms with Gasteiger partial charge in [-0.1, -0.05) is 0 Å². The Bertz CT molecular complexity index is 751. The lowest BCUT2D eigenvalue weighted by molar-refractivity contribution is -0.142. The van der Waals surface area contributed by atoms with E-state index in [1.54, 1.807) is 6.92 Å². The number of carbonyl (C=O) groups excluding carboxylic acids is 3. The first kappa shape index (κ1) is 20.7. The summed E-state index contributed by atoms with van der Waals surface area (Å²) in [6, 6.07) is 3.85. The second kappa shape index (κ2) is 9.82. The third-order valence-corrected chi connectivity index (χ3v) is 2.96. The zero-order chi connectivity index (χ0) is 19.7. The molecular weight excluding hydrogens is 344 g/mol. The summed E-state index contributed by atoms with van der Waals surface area (Å²) in [5.41, 5.74) is 0.363. The smallest absolute Gasteiger partial charge is 0.345 e. The number of hydrogen-bond acceptors (Lipinski definition) is 8. The lowest BCUT2D eigenvalue weighted by Gasteiger charge is -2.06. The van der Waals surface area contributed by atoms with Crippen molar-refractivity contribution in [2.24, 2.45) is 10.2 Å². The van der Waals surface area contributed by atoms with Gasteiger partial charge in [0.2, 0.25) is 6.04 Å². The minimum absolute atomic E-state index is 0.0451. The average molecular weight is 362 g/mol. The highest BCUT2D eigenvalue weighted by Crippen LogP contribution is 2.15. The van der Waals surface area contributed by atoms with Crippen LogP contribution in [0.25, 0.3) is 0 Å². The molecule has 1 N–H and O–H groups in total. The molecule has 0 heterocycles. The van der Waals surface area contributed by atoms with Crippen LogP contribution in [-0.2, 0) is 23.9 Å². The summed E-state index contributed by atoms with van der Waals surface area (Å²) >= 11 is 0. The number of nitrogens with zero attached hydrogens (tertiary/aromatic N) is 2. The second-order valence-electron chi connectivity index (χ2n) is 5.04. The number of carboxylic acid groups (broad SMARTS) is 1. The molecule has 138 valence electrons. The zero-order valence-electron chi connectivity index (χ0n) is 14.5. The summed E-state index contributed by atoms with van der Waals surface area (Å²) in [6.07, 6.45) is 0.882. The van der Waals surface area contributed by atoms with Crippen LogP contribution >= 0.6 is 0 Å². The number of benzene rings is 1. The van der Waals surface area contributed by atoms with E-state index in [0.717, 1.165) is 13.2 Å². The van der Waals surface area contributed by atoms with Gasteiger partial charge in [-0.2, -0.15) is 10.2 Å². The molecule has 0 saturated heterocycles. The Morgan fingerprint density at radius 1 is 1.15 bits per heavy atom. The van der Waals surface area contributed by atoms with Gasteiger partial charge >= 0.3 is 17.9 Å². The van der Waals surface area contributed by atoms with Gasteiger partial charge in [-0.05, 0) is 45.0 Å². The van der Waals surface area contributed by atoms with Crippen LogP contribution in [0.15, 0.2) is 46.3 Å². The summed E-state index contributed by atoms with van der Waals surface area (Å²) in [7, 11) is 0. The standard InChI is InChI=1S/C17H18N2O7/c1-4-25-16(23)10(2)9-26-17(24)14(11(3)20)19-18-13-7-5-12(6-8-13)15(21)22/h5-9,14H,4H2,1-3H3,(H,21,22). The molecule has 9 heteroatoms. The molecule has 0 aliphatic rings. The van der Waals surface area contributed by atoms with Crippen molar-refractivity contribution in [1.29, 1.82) is 0 Å². The SMILES string of the molecule is CCOC(=O)C(C)=COC(=O)C(N=Nc1ccc(C(=O)O)cc1)C(C)=O. The van der Waals surface area contributed by atoms with Crippen molar-refractivity contribution in [2.75, 3.05) is 6.61 Å². The first-order valence-electron chi connectivity index (χ1n) is 7.55. The van der Waals surface area contributed by atoms with E-state index in [0.29, 0.717) is 0 Å². The van der Waals surface area contributed by atoms with Crippen LogP contribution < -0.4 is 0 Å². The molecule has 0 aliphatic heterocycles. The maximum atomic E-state index is 12.0. The largest absolute Gasteiger partial charge is 0.478 e. The second-order valence-corrected chi connectivity index (χ2v) is 5.04. The third-order valence-electron chi connectivity index (χ3n) is 2.96. The lowest BCUT2D eigenvalue weighted by atomic mass is 10.2. The summed E-state index contributed by atoms with van der Waals surface area (Å²) in [4.78, 5) is 45.7. The molecule has 1 rings (SSSR count). The van der Waals surface area contributed by atoms with Crippen LogP contribution in [0.1, 0.15) is 31.1 Å². The van der Waals surface area contributed by atoms with Crippen molar-refractivity contribution in [3.8, 4) is 0 Å². The van der Waals surface area contributed by atoms with Crippen molar-refractivity contribution in [2.45, 2.75) is 26.8 Å². The van der Waals surface area contributed by atoms with E-state index in [1.807, 2.05) is 0 Å². The molecule has 0 fully saturated rings. The van der Waals surface area contributed by atoms with Crippen molar-refractivity contribution in [3.63, 3.8) is 0 Å². The fourth-order valence-electron chi connectivity index (χ4n) is 1.59. The van der Waals surface area contributed by atoms with E-state index >= 15 is 0 Å². The van der Waals surface area contributed by atoms with Crippen molar-refractivity contribution in [1.82, 2.24) is 0 Å². The van der Waals surface area contributed by atoms with Crippen molar-refractivity contribution >= 4 is 29.4 Å². The number of ether oxygens (including phenoxy) is 2. The Hall–Kier alpha value is -3.36. The summed E-state index contributed by atoms with van der Waals surface area (Å²) in [6.45, 7) is 4.33. The molecule has 0 radical (unpaired) electrons. The molecule has 0 bridgehead atoms. The first-order valence-corrected chi connectivity index (χ1v) is 7.55. The molecule has 0 amide bonds. The van der Waals surface area contributed by atoms with Gasteiger partial charge in [0.05, 0.1) is 23.4 Å². The maximum absolute atomic E-state index is 12.0. The van der Waals surface area contributed by atoms with E-state index in [4.69, 9.17) is 14.6 Å². The number of rotatable bonds is 8. The fourth-order valence-corrected chi connectivity index (χ4v) is 1.59. The molecular formula is C17H18N2O7. The number of Topliss-reactive ketones (excluding diaryl/α,β-unsaturated/α-hetero) is 1. The number of ketones is 1. The zero-order valence-corrected chi connectivity index (χ0v) is 14.5. The van der Waals surface area contributed by atoms with Crippen LogP contribution in [0.5, 0.6) is 0 Å². The summed E-state index contributed by atoms with van der Waals surface area (Å²) in [5.74, 6) is -3.36. The van der Waals surface area contributed by atoms with Crippen LogP contribution in [0.3, 0.4) is 0 Å². The number of azo groups is 1. The number of carboxylic acids is 1. The highest BCUT2D eigenvalue weighted by Gasteiger charge is 2.24. The van der Waals surface area contributed by atoms with Gasteiger partial charge in [-0.3, -0.25) is 4.79 Å².